The smallest absolute Gasteiger partial charge is 0.252 e. The van der Waals surface area contributed by atoms with Crippen molar-refractivity contribution in [3.63, 3.8) is 0 Å². The first-order chi connectivity index (χ1) is 10.3. The van der Waals surface area contributed by atoms with Gasteiger partial charge in [0.25, 0.3) is 5.56 Å². The second kappa shape index (κ2) is 5.44. The first kappa shape index (κ1) is 13.3. The lowest BCUT2D eigenvalue weighted by atomic mass is 10.2. The predicted octanol–water partition coefficient (Wildman–Crippen LogP) is 1.62. The lowest BCUT2D eigenvalue weighted by Gasteiger charge is -2.27. The highest BCUT2D eigenvalue weighted by molar-refractivity contribution is 5.39. The quantitative estimate of drug-likeness (QED) is 0.835. The fourth-order valence-electron chi connectivity index (χ4n) is 3.23. The molecule has 4 rings (SSSR count). The van der Waals surface area contributed by atoms with Crippen LogP contribution in [0.3, 0.4) is 0 Å². The first-order valence-electron chi connectivity index (χ1n) is 8.37. The number of hydrogen-bond donors (Lipinski definition) is 2. The van der Waals surface area contributed by atoms with Gasteiger partial charge < -0.3 is 15.2 Å². The second-order valence-corrected chi connectivity index (χ2v) is 6.90. The summed E-state index contributed by atoms with van der Waals surface area (Å²) in [7, 11) is 0. The molecule has 1 atom stereocenters. The molecule has 0 radical (unpaired) electrons. The summed E-state index contributed by atoms with van der Waals surface area (Å²) in [4.78, 5) is 22.0. The molecule has 5 nitrogen and oxygen atoms in total. The molecule has 5 heteroatoms. The number of nitrogens with one attached hydrogen (secondary N) is 2. The van der Waals surface area contributed by atoms with E-state index in [2.05, 4.69) is 15.2 Å². The molecule has 0 spiro atoms. The maximum atomic E-state index is 11.9. The van der Waals surface area contributed by atoms with E-state index in [-0.39, 0.29) is 5.56 Å². The largest absolute Gasteiger partial charge is 0.355 e. The molecule has 0 bridgehead atoms. The van der Waals surface area contributed by atoms with Gasteiger partial charge in [0.1, 0.15) is 11.6 Å². The summed E-state index contributed by atoms with van der Waals surface area (Å²) in [6.07, 6.45) is 7.48. The lowest BCUT2D eigenvalue weighted by Crippen LogP contribution is -2.39. The molecular weight excluding hydrogens is 264 g/mol. The minimum Gasteiger partial charge on any atom is -0.355 e. The summed E-state index contributed by atoms with van der Waals surface area (Å²) in [6.45, 7) is 3.16. The van der Waals surface area contributed by atoms with Crippen molar-refractivity contribution in [3.8, 4) is 0 Å². The number of nitrogens with zero attached hydrogens (tertiary/aromatic N) is 2. The molecule has 2 saturated carbocycles. The van der Waals surface area contributed by atoms with Crippen molar-refractivity contribution < 1.29 is 0 Å². The number of aromatic amines is 1. The Balaban J connectivity index is 1.56. The van der Waals surface area contributed by atoms with Gasteiger partial charge in [0.15, 0.2) is 0 Å². The third-order valence-electron chi connectivity index (χ3n) is 4.81. The molecule has 0 amide bonds. The van der Waals surface area contributed by atoms with E-state index in [1.54, 1.807) is 6.07 Å². The van der Waals surface area contributed by atoms with Crippen LogP contribution in [0.1, 0.15) is 50.3 Å². The summed E-state index contributed by atoms with van der Waals surface area (Å²) in [5.41, 5.74) is 0.00192. The molecule has 3 aliphatic rings. The van der Waals surface area contributed by atoms with E-state index in [4.69, 9.17) is 4.98 Å². The maximum absolute atomic E-state index is 11.9. The average molecular weight is 288 g/mol. The van der Waals surface area contributed by atoms with Crippen LogP contribution in [0.2, 0.25) is 0 Å². The zero-order valence-corrected chi connectivity index (χ0v) is 12.5. The minimum atomic E-state index is 0.00192. The molecule has 1 aromatic rings. The Kier molecular flexibility index (Phi) is 3.45. The van der Waals surface area contributed by atoms with E-state index in [0.717, 1.165) is 37.2 Å². The van der Waals surface area contributed by atoms with Gasteiger partial charge in [-0.3, -0.25) is 4.79 Å². The average Bonchev–Trinajstić information content (AvgIpc) is 3.38. The number of anilines is 1. The van der Waals surface area contributed by atoms with Crippen LogP contribution in [0.25, 0.3) is 0 Å². The van der Waals surface area contributed by atoms with Crippen molar-refractivity contribution in [1.82, 2.24) is 15.3 Å². The Morgan fingerprint density at radius 2 is 2.05 bits per heavy atom. The predicted molar refractivity (Wildman–Crippen MR) is 82.8 cm³/mol. The van der Waals surface area contributed by atoms with Crippen LogP contribution in [0, 0.1) is 5.92 Å². The zero-order chi connectivity index (χ0) is 14.2. The van der Waals surface area contributed by atoms with Crippen LogP contribution in [-0.4, -0.2) is 35.6 Å². The third-order valence-corrected chi connectivity index (χ3v) is 4.81. The molecule has 114 valence electrons. The maximum Gasteiger partial charge on any atom is 0.252 e. The van der Waals surface area contributed by atoms with Crippen LogP contribution < -0.4 is 15.8 Å². The van der Waals surface area contributed by atoms with Gasteiger partial charge in [0.2, 0.25) is 0 Å². The van der Waals surface area contributed by atoms with Gasteiger partial charge in [-0.05, 0) is 51.0 Å². The Morgan fingerprint density at radius 3 is 2.71 bits per heavy atom. The van der Waals surface area contributed by atoms with Crippen molar-refractivity contribution in [2.75, 3.05) is 24.5 Å². The normalized spacial score (nSPS) is 25.2. The van der Waals surface area contributed by atoms with Gasteiger partial charge in [0.05, 0.1) is 0 Å². The molecule has 21 heavy (non-hydrogen) atoms. The highest BCUT2D eigenvalue weighted by Crippen LogP contribution is 2.38. The minimum absolute atomic E-state index is 0.00192. The summed E-state index contributed by atoms with van der Waals surface area (Å²) in [6, 6.07) is 2.23. The molecule has 1 aromatic heterocycles. The number of hydrogen-bond acceptors (Lipinski definition) is 4. The van der Waals surface area contributed by atoms with Crippen LogP contribution in [0.5, 0.6) is 0 Å². The van der Waals surface area contributed by atoms with E-state index in [1.165, 1.54) is 38.5 Å². The lowest BCUT2D eigenvalue weighted by molar-refractivity contribution is 0.565. The molecule has 3 fully saturated rings. The van der Waals surface area contributed by atoms with Gasteiger partial charge in [-0.1, -0.05) is 0 Å². The van der Waals surface area contributed by atoms with Crippen LogP contribution in [-0.2, 0) is 0 Å². The van der Waals surface area contributed by atoms with Gasteiger partial charge in [0, 0.05) is 31.1 Å². The van der Waals surface area contributed by atoms with E-state index in [1.807, 2.05) is 0 Å². The Labute approximate surface area is 125 Å². The van der Waals surface area contributed by atoms with Gasteiger partial charge in [-0.2, -0.15) is 0 Å². The van der Waals surface area contributed by atoms with Crippen LogP contribution in [0.15, 0.2) is 10.9 Å². The zero-order valence-electron chi connectivity index (χ0n) is 12.5. The van der Waals surface area contributed by atoms with E-state index < -0.39 is 0 Å². The van der Waals surface area contributed by atoms with Crippen molar-refractivity contribution in [2.45, 2.75) is 50.5 Å². The fraction of sp³-hybridized carbons (Fsp3) is 0.750. The third kappa shape index (κ3) is 3.28. The van der Waals surface area contributed by atoms with E-state index in [9.17, 15) is 4.79 Å². The number of H-pyrrole nitrogens is 1. The molecule has 2 aliphatic carbocycles. The molecular formula is C16H24N4O. The molecule has 1 saturated heterocycles. The molecule has 1 aliphatic heterocycles. The SMILES string of the molecule is O=c1cc(N(CC2CC2)CC2CCCN2)nc(C2CC2)[nH]1. The van der Waals surface area contributed by atoms with Gasteiger partial charge in [-0.15, -0.1) is 0 Å². The first-order valence-corrected chi connectivity index (χ1v) is 8.37. The van der Waals surface area contributed by atoms with Crippen molar-refractivity contribution in [2.24, 2.45) is 5.92 Å². The van der Waals surface area contributed by atoms with Gasteiger partial charge in [-0.25, -0.2) is 4.98 Å². The fourth-order valence-corrected chi connectivity index (χ4v) is 3.23. The molecule has 0 aromatic carbocycles. The summed E-state index contributed by atoms with van der Waals surface area (Å²) in [5, 5.41) is 3.56. The number of rotatable bonds is 6. The van der Waals surface area contributed by atoms with E-state index in [0.29, 0.717) is 12.0 Å². The highest BCUT2D eigenvalue weighted by atomic mass is 16.1. The summed E-state index contributed by atoms with van der Waals surface area (Å²) < 4.78 is 0. The Hall–Kier alpha value is -1.36. The second-order valence-electron chi connectivity index (χ2n) is 6.90. The van der Waals surface area contributed by atoms with E-state index >= 15 is 0 Å². The molecule has 2 N–H and O–H groups in total. The van der Waals surface area contributed by atoms with Crippen LogP contribution in [0.4, 0.5) is 5.82 Å². The standard InChI is InChI=1S/C16H24N4O/c21-15-8-14(18-16(19-15)12-5-6-12)20(9-11-3-4-11)10-13-2-1-7-17-13/h8,11-13,17H,1-7,9-10H2,(H,18,19,21). The highest BCUT2D eigenvalue weighted by Gasteiger charge is 2.30. The van der Waals surface area contributed by atoms with Crippen molar-refractivity contribution >= 4 is 5.82 Å². The molecule has 1 unspecified atom stereocenters. The summed E-state index contributed by atoms with van der Waals surface area (Å²) in [5.74, 6) is 3.08. The Morgan fingerprint density at radius 1 is 1.19 bits per heavy atom. The van der Waals surface area contributed by atoms with Gasteiger partial charge >= 0.3 is 0 Å². The van der Waals surface area contributed by atoms with Crippen molar-refractivity contribution in [1.29, 1.82) is 0 Å². The topological polar surface area (TPSA) is 61.0 Å². The monoisotopic (exact) mass is 288 g/mol. The van der Waals surface area contributed by atoms with Crippen LogP contribution >= 0.6 is 0 Å². The Bertz CT molecular complexity index is 556. The molecule has 2 heterocycles. The number of aromatic nitrogens is 2. The van der Waals surface area contributed by atoms with Crippen molar-refractivity contribution in [3.05, 3.63) is 22.2 Å². The summed E-state index contributed by atoms with van der Waals surface area (Å²) >= 11 is 0.